The van der Waals surface area contributed by atoms with Crippen LogP contribution in [0.4, 0.5) is 5.13 Å². The maximum absolute atomic E-state index is 12.3. The van der Waals surface area contributed by atoms with E-state index in [1.54, 1.807) is 18.5 Å². The Labute approximate surface area is 153 Å². The van der Waals surface area contributed by atoms with Crippen molar-refractivity contribution in [3.63, 3.8) is 0 Å². The summed E-state index contributed by atoms with van der Waals surface area (Å²) in [5, 5.41) is 9.47. The van der Waals surface area contributed by atoms with Crippen LogP contribution in [0.25, 0.3) is 11.3 Å². The Kier molecular flexibility index (Phi) is 4.57. The van der Waals surface area contributed by atoms with E-state index >= 15 is 0 Å². The molecule has 1 N–H and O–H groups in total. The molecule has 0 aliphatic heterocycles. The normalized spacial score (nSPS) is 13.2. The number of hydrogen-bond donors (Lipinski definition) is 1. The second-order valence-electron chi connectivity index (χ2n) is 6.14. The van der Waals surface area contributed by atoms with Gasteiger partial charge in [-0.1, -0.05) is 0 Å². The minimum absolute atomic E-state index is 0.115. The molecule has 0 atom stereocenters. The fourth-order valence-corrected chi connectivity index (χ4v) is 3.73. The van der Waals surface area contributed by atoms with Crippen LogP contribution in [0.1, 0.15) is 24.1 Å². The molecule has 1 amide bonds. The smallest absolute Gasteiger partial charge is 0.267 e. The molecule has 4 rings (SSSR count). The summed E-state index contributed by atoms with van der Waals surface area (Å²) in [7, 11) is 0. The Balaban J connectivity index is 1.46. The largest absolute Gasteiger partial charge is 0.300 e. The summed E-state index contributed by atoms with van der Waals surface area (Å²) < 4.78 is 1.23. The molecule has 1 aliphatic carbocycles. The molecule has 3 aromatic rings. The number of thiazole rings is 1. The van der Waals surface area contributed by atoms with Crippen molar-refractivity contribution in [2.75, 3.05) is 5.32 Å². The SMILES string of the molecule is O=C(Cn1nc2c(cc1=O)CCCC2)Nc1nc(-c2ccncc2)cs1. The number of hydrogen-bond acceptors (Lipinski definition) is 6. The van der Waals surface area contributed by atoms with Gasteiger partial charge in [0.05, 0.1) is 11.4 Å². The van der Waals surface area contributed by atoms with Crippen LogP contribution in [-0.4, -0.2) is 25.7 Å². The summed E-state index contributed by atoms with van der Waals surface area (Å²) in [6.07, 6.45) is 7.30. The van der Waals surface area contributed by atoms with Crippen molar-refractivity contribution in [1.82, 2.24) is 19.7 Å². The minimum atomic E-state index is -0.314. The summed E-state index contributed by atoms with van der Waals surface area (Å²) in [6, 6.07) is 5.33. The minimum Gasteiger partial charge on any atom is -0.300 e. The summed E-state index contributed by atoms with van der Waals surface area (Å²) in [4.78, 5) is 32.8. The van der Waals surface area contributed by atoms with Gasteiger partial charge in [0.25, 0.3) is 5.56 Å². The molecule has 1 aliphatic rings. The van der Waals surface area contributed by atoms with Crippen molar-refractivity contribution in [1.29, 1.82) is 0 Å². The zero-order chi connectivity index (χ0) is 17.9. The number of anilines is 1. The lowest BCUT2D eigenvalue weighted by molar-refractivity contribution is -0.117. The highest BCUT2D eigenvalue weighted by Crippen LogP contribution is 2.24. The van der Waals surface area contributed by atoms with E-state index in [4.69, 9.17) is 0 Å². The van der Waals surface area contributed by atoms with Crippen molar-refractivity contribution < 1.29 is 4.79 Å². The highest BCUT2D eigenvalue weighted by atomic mass is 32.1. The number of pyridine rings is 1. The van der Waals surface area contributed by atoms with E-state index in [1.807, 2.05) is 17.5 Å². The van der Waals surface area contributed by atoms with Gasteiger partial charge >= 0.3 is 0 Å². The Morgan fingerprint density at radius 1 is 1.23 bits per heavy atom. The van der Waals surface area contributed by atoms with E-state index in [0.717, 1.165) is 48.2 Å². The van der Waals surface area contributed by atoms with Crippen LogP contribution in [0.15, 0.2) is 40.8 Å². The van der Waals surface area contributed by atoms with E-state index in [-0.39, 0.29) is 18.0 Å². The van der Waals surface area contributed by atoms with Gasteiger partial charge in [-0.15, -0.1) is 11.3 Å². The number of rotatable bonds is 4. The topological polar surface area (TPSA) is 89.8 Å². The summed E-state index contributed by atoms with van der Waals surface area (Å²) in [5.41, 5.74) is 3.41. The molecule has 0 bridgehead atoms. The van der Waals surface area contributed by atoms with Crippen LogP contribution < -0.4 is 10.9 Å². The average molecular weight is 367 g/mol. The van der Waals surface area contributed by atoms with Crippen LogP contribution in [0.3, 0.4) is 0 Å². The number of nitrogens with one attached hydrogen (secondary N) is 1. The molecule has 8 heteroatoms. The molecule has 132 valence electrons. The number of aromatic nitrogens is 4. The predicted molar refractivity (Wildman–Crippen MR) is 99.1 cm³/mol. The zero-order valence-corrected chi connectivity index (χ0v) is 14.8. The van der Waals surface area contributed by atoms with E-state index in [2.05, 4.69) is 20.4 Å². The van der Waals surface area contributed by atoms with Gasteiger partial charge in [0, 0.05) is 29.4 Å². The number of carbonyl (C=O) groups is 1. The molecule has 0 saturated carbocycles. The molecule has 0 fully saturated rings. The van der Waals surface area contributed by atoms with Gasteiger partial charge in [-0.25, -0.2) is 9.67 Å². The van der Waals surface area contributed by atoms with Gasteiger partial charge in [0.1, 0.15) is 6.54 Å². The third-order valence-corrected chi connectivity index (χ3v) is 5.05. The first kappa shape index (κ1) is 16.6. The third kappa shape index (κ3) is 3.55. The van der Waals surface area contributed by atoms with Crippen LogP contribution in [0.2, 0.25) is 0 Å². The van der Waals surface area contributed by atoms with Crippen LogP contribution in [0.5, 0.6) is 0 Å². The van der Waals surface area contributed by atoms with E-state index in [9.17, 15) is 9.59 Å². The summed E-state index contributed by atoms with van der Waals surface area (Å²) >= 11 is 1.34. The number of carbonyl (C=O) groups excluding carboxylic acids is 1. The lowest BCUT2D eigenvalue weighted by Gasteiger charge is -2.15. The second-order valence-corrected chi connectivity index (χ2v) is 7.00. The molecule has 0 aromatic carbocycles. The molecule has 3 heterocycles. The Hall–Kier alpha value is -2.87. The Morgan fingerprint density at radius 2 is 2.04 bits per heavy atom. The maximum Gasteiger partial charge on any atom is 0.267 e. The second kappa shape index (κ2) is 7.17. The fraction of sp³-hybridized carbons (Fsp3) is 0.278. The molecule has 0 spiro atoms. The number of aryl methyl sites for hydroxylation is 2. The van der Waals surface area contributed by atoms with Crippen molar-refractivity contribution in [2.45, 2.75) is 32.2 Å². The molecule has 26 heavy (non-hydrogen) atoms. The van der Waals surface area contributed by atoms with Crippen LogP contribution >= 0.6 is 11.3 Å². The van der Waals surface area contributed by atoms with E-state index < -0.39 is 0 Å². The Bertz CT molecular complexity index is 996. The van der Waals surface area contributed by atoms with Gasteiger partial charge in [-0.2, -0.15) is 5.10 Å². The first-order valence-electron chi connectivity index (χ1n) is 8.45. The molecule has 3 aromatic heterocycles. The van der Waals surface area contributed by atoms with Gasteiger partial charge in [-0.05, 0) is 43.4 Å². The zero-order valence-electron chi connectivity index (χ0n) is 14.0. The molecular weight excluding hydrogens is 350 g/mol. The number of nitrogens with zero attached hydrogens (tertiary/aromatic N) is 4. The van der Waals surface area contributed by atoms with Crippen molar-refractivity contribution >= 4 is 22.4 Å². The third-order valence-electron chi connectivity index (χ3n) is 4.29. The quantitative estimate of drug-likeness (QED) is 0.764. The van der Waals surface area contributed by atoms with Gasteiger partial charge < -0.3 is 5.32 Å². The first-order valence-corrected chi connectivity index (χ1v) is 9.33. The van der Waals surface area contributed by atoms with Gasteiger partial charge in [0.2, 0.25) is 5.91 Å². The summed E-state index contributed by atoms with van der Waals surface area (Å²) in [5.74, 6) is -0.314. The average Bonchev–Trinajstić information content (AvgIpc) is 3.11. The van der Waals surface area contributed by atoms with Gasteiger partial charge in [0.15, 0.2) is 5.13 Å². The van der Waals surface area contributed by atoms with Crippen LogP contribution in [0, 0.1) is 0 Å². The van der Waals surface area contributed by atoms with Crippen molar-refractivity contribution in [3.05, 3.63) is 57.6 Å². The standard InChI is InChI=1S/C18H17N5O2S/c24-16(10-23-17(25)9-13-3-1-2-4-14(13)22-23)21-18-20-15(11-26-18)12-5-7-19-8-6-12/h5-9,11H,1-4,10H2,(H,20,21,24). The number of amides is 1. The monoisotopic (exact) mass is 367 g/mol. The first-order chi connectivity index (χ1) is 12.7. The van der Waals surface area contributed by atoms with Crippen molar-refractivity contribution in [3.8, 4) is 11.3 Å². The van der Waals surface area contributed by atoms with Crippen molar-refractivity contribution in [2.24, 2.45) is 0 Å². The van der Waals surface area contributed by atoms with Gasteiger partial charge in [-0.3, -0.25) is 14.6 Å². The Morgan fingerprint density at radius 3 is 2.88 bits per heavy atom. The van der Waals surface area contributed by atoms with E-state index in [0.29, 0.717) is 5.13 Å². The lowest BCUT2D eigenvalue weighted by atomic mass is 9.97. The highest BCUT2D eigenvalue weighted by Gasteiger charge is 2.15. The molecule has 7 nitrogen and oxygen atoms in total. The molecule has 0 radical (unpaired) electrons. The number of fused-ring (bicyclic) bond motifs is 1. The van der Waals surface area contributed by atoms with E-state index in [1.165, 1.54) is 16.0 Å². The lowest BCUT2D eigenvalue weighted by Crippen LogP contribution is -2.31. The predicted octanol–water partition coefficient (Wildman–Crippen LogP) is 2.28. The molecular formula is C18H17N5O2S. The van der Waals surface area contributed by atoms with Crippen LogP contribution in [-0.2, 0) is 24.2 Å². The molecule has 0 saturated heterocycles. The molecule has 0 unspecified atom stereocenters. The maximum atomic E-state index is 12.3. The summed E-state index contributed by atoms with van der Waals surface area (Å²) in [6.45, 7) is -0.115. The fourth-order valence-electron chi connectivity index (χ4n) is 3.00. The highest BCUT2D eigenvalue weighted by molar-refractivity contribution is 7.14.